The largest absolute Gasteiger partial charge is 0.505 e. The Balaban J connectivity index is 2.59. The summed E-state index contributed by atoms with van der Waals surface area (Å²) in [5.41, 5.74) is 0.224. The van der Waals surface area contributed by atoms with Gasteiger partial charge in [0.25, 0.3) is 5.56 Å². The zero-order chi connectivity index (χ0) is 18.6. The van der Waals surface area contributed by atoms with E-state index in [-0.39, 0.29) is 24.8 Å². The lowest BCUT2D eigenvalue weighted by Crippen LogP contribution is -2.31. The highest BCUT2D eigenvalue weighted by atomic mass is 16.5. The van der Waals surface area contributed by atoms with Crippen molar-refractivity contribution in [2.75, 3.05) is 6.61 Å². The van der Waals surface area contributed by atoms with E-state index >= 15 is 0 Å². The number of carbonyl (C=O) groups excluding carboxylic acids is 1. The number of nitriles is 1. The number of rotatable bonds is 5. The fourth-order valence-corrected chi connectivity index (χ4v) is 2.38. The van der Waals surface area contributed by atoms with Crippen molar-refractivity contribution in [3.8, 4) is 11.8 Å². The number of hydrogen-bond acceptors (Lipinski definition) is 6. The van der Waals surface area contributed by atoms with Gasteiger partial charge in [-0.25, -0.2) is 9.48 Å². The lowest BCUT2D eigenvalue weighted by molar-refractivity contribution is 0.0519. The molecule has 25 heavy (non-hydrogen) atoms. The van der Waals surface area contributed by atoms with Crippen molar-refractivity contribution < 1.29 is 14.6 Å². The van der Waals surface area contributed by atoms with Crippen LogP contribution in [0.15, 0.2) is 29.1 Å². The predicted octanol–water partition coefficient (Wildman–Crippen LogP) is 2.17. The molecular formula is C18H19N3O4. The highest BCUT2D eigenvalue weighted by Crippen LogP contribution is 2.25. The van der Waals surface area contributed by atoms with Crippen LogP contribution in [0.3, 0.4) is 0 Å². The SMILES string of the molecule is CCOC(=O)c1c(O)c(C(C)C)nn(Cc2cccc(C#N)c2)c1=O. The van der Waals surface area contributed by atoms with Crippen molar-refractivity contribution in [1.29, 1.82) is 5.26 Å². The number of esters is 1. The Kier molecular flexibility index (Phi) is 5.55. The molecule has 130 valence electrons. The van der Waals surface area contributed by atoms with E-state index in [1.165, 1.54) is 0 Å². The zero-order valence-electron chi connectivity index (χ0n) is 14.3. The van der Waals surface area contributed by atoms with Gasteiger partial charge in [-0.2, -0.15) is 10.4 Å². The number of hydrogen-bond donors (Lipinski definition) is 1. The first-order chi connectivity index (χ1) is 11.9. The van der Waals surface area contributed by atoms with Crippen molar-refractivity contribution in [2.24, 2.45) is 0 Å². The normalized spacial score (nSPS) is 10.5. The average molecular weight is 341 g/mol. The Morgan fingerprint density at radius 2 is 2.16 bits per heavy atom. The van der Waals surface area contributed by atoms with Crippen LogP contribution in [-0.2, 0) is 11.3 Å². The van der Waals surface area contributed by atoms with Gasteiger partial charge in [-0.3, -0.25) is 4.79 Å². The Bertz CT molecular complexity index is 894. The van der Waals surface area contributed by atoms with Crippen LogP contribution < -0.4 is 5.56 Å². The van der Waals surface area contributed by atoms with Gasteiger partial charge in [-0.1, -0.05) is 26.0 Å². The van der Waals surface area contributed by atoms with E-state index in [4.69, 9.17) is 10.00 Å². The van der Waals surface area contributed by atoms with Gasteiger partial charge in [0.15, 0.2) is 11.3 Å². The van der Waals surface area contributed by atoms with E-state index in [0.717, 1.165) is 4.68 Å². The van der Waals surface area contributed by atoms with Crippen LogP contribution in [0.25, 0.3) is 0 Å². The summed E-state index contributed by atoms with van der Waals surface area (Å²) >= 11 is 0. The van der Waals surface area contributed by atoms with Gasteiger partial charge in [0, 0.05) is 5.92 Å². The van der Waals surface area contributed by atoms with Crippen LogP contribution in [0, 0.1) is 11.3 Å². The summed E-state index contributed by atoms with van der Waals surface area (Å²) in [6, 6.07) is 8.78. The van der Waals surface area contributed by atoms with Gasteiger partial charge in [-0.05, 0) is 24.6 Å². The van der Waals surface area contributed by atoms with Crippen molar-refractivity contribution in [3.05, 3.63) is 57.0 Å². The molecule has 0 saturated heterocycles. The van der Waals surface area contributed by atoms with Crippen molar-refractivity contribution in [3.63, 3.8) is 0 Å². The number of aromatic nitrogens is 2. The van der Waals surface area contributed by atoms with E-state index in [9.17, 15) is 14.7 Å². The third-order valence-corrected chi connectivity index (χ3v) is 3.57. The lowest BCUT2D eigenvalue weighted by Gasteiger charge is -2.14. The topological polar surface area (TPSA) is 105 Å². The average Bonchev–Trinajstić information content (AvgIpc) is 2.57. The van der Waals surface area contributed by atoms with Crippen molar-refractivity contribution in [1.82, 2.24) is 9.78 Å². The van der Waals surface area contributed by atoms with E-state index in [2.05, 4.69) is 5.10 Å². The van der Waals surface area contributed by atoms with Gasteiger partial charge < -0.3 is 9.84 Å². The summed E-state index contributed by atoms with van der Waals surface area (Å²) in [7, 11) is 0. The van der Waals surface area contributed by atoms with Gasteiger partial charge in [0.2, 0.25) is 0 Å². The minimum Gasteiger partial charge on any atom is -0.505 e. The fourth-order valence-electron chi connectivity index (χ4n) is 2.38. The molecule has 0 radical (unpaired) electrons. The third-order valence-electron chi connectivity index (χ3n) is 3.57. The molecule has 0 aliphatic heterocycles. The molecule has 2 aromatic rings. The summed E-state index contributed by atoms with van der Waals surface area (Å²) in [5.74, 6) is -1.53. The van der Waals surface area contributed by atoms with Crippen LogP contribution >= 0.6 is 0 Å². The molecule has 0 unspecified atom stereocenters. The summed E-state index contributed by atoms with van der Waals surface area (Å²) in [6.07, 6.45) is 0. The number of ether oxygens (including phenoxy) is 1. The lowest BCUT2D eigenvalue weighted by atomic mass is 10.1. The predicted molar refractivity (Wildman–Crippen MR) is 90.5 cm³/mol. The Morgan fingerprint density at radius 1 is 1.44 bits per heavy atom. The third kappa shape index (κ3) is 3.86. The molecule has 1 aromatic heterocycles. The van der Waals surface area contributed by atoms with Crippen LogP contribution in [0.5, 0.6) is 5.75 Å². The number of benzene rings is 1. The summed E-state index contributed by atoms with van der Waals surface area (Å²) in [4.78, 5) is 24.7. The smallest absolute Gasteiger partial charge is 0.347 e. The molecule has 0 aliphatic rings. The molecule has 1 heterocycles. The first kappa shape index (κ1) is 18.2. The van der Waals surface area contributed by atoms with E-state index < -0.39 is 22.8 Å². The highest BCUT2D eigenvalue weighted by molar-refractivity contribution is 5.92. The highest BCUT2D eigenvalue weighted by Gasteiger charge is 2.25. The van der Waals surface area contributed by atoms with E-state index in [1.807, 2.05) is 6.07 Å². The molecule has 0 amide bonds. The van der Waals surface area contributed by atoms with Crippen LogP contribution in [0.2, 0.25) is 0 Å². The second kappa shape index (κ2) is 7.62. The minimum atomic E-state index is -0.881. The summed E-state index contributed by atoms with van der Waals surface area (Å²) in [5, 5.41) is 23.5. The monoisotopic (exact) mass is 341 g/mol. The summed E-state index contributed by atoms with van der Waals surface area (Å²) < 4.78 is 5.99. The maximum Gasteiger partial charge on any atom is 0.347 e. The van der Waals surface area contributed by atoms with E-state index in [1.54, 1.807) is 45.0 Å². The van der Waals surface area contributed by atoms with Crippen LogP contribution in [0.1, 0.15) is 53.9 Å². The summed E-state index contributed by atoms with van der Waals surface area (Å²) in [6.45, 7) is 5.36. The first-order valence-corrected chi connectivity index (χ1v) is 7.89. The zero-order valence-corrected chi connectivity index (χ0v) is 14.3. The first-order valence-electron chi connectivity index (χ1n) is 7.89. The Labute approximate surface area is 145 Å². The fraction of sp³-hybridized carbons (Fsp3) is 0.333. The minimum absolute atomic E-state index is 0.0702. The Hall–Kier alpha value is -3.14. The van der Waals surface area contributed by atoms with Crippen LogP contribution in [0.4, 0.5) is 0 Å². The molecule has 1 aromatic carbocycles. The van der Waals surface area contributed by atoms with Crippen LogP contribution in [-0.4, -0.2) is 27.5 Å². The molecule has 0 aliphatic carbocycles. The maximum absolute atomic E-state index is 12.6. The second-order valence-electron chi connectivity index (χ2n) is 5.76. The molecule has 7 heteroatoms. The van der Waals surface area contributed by atoms with Crippen molar-refractivity contribution in [2.45, 2.75) is 33.2 Å². The molecule has 0 spiro atoms. The Morgan fingerprint density at radius 3 is 2.76 bits per heavy atom. The van der Waals surface area contributed by atoms with E-state index in [0.29, 0.717) is 11.1 Å². The van der Waals surface area contributed by atoms with Crippen molar-refractivity contribution >= 4 is 5.97 Å². The number of carbonyl (C=O) groups is 1. The molecule has 0 fully saturated rings. The molecular weight excluding hydrogens is 322 g/mol. The van der Waals surface area contributed by atoms with Gasteiger partial charge in [-0.15, -0.1) is 0 Å². The number of nitrogens with zero attached hydrogens (tertiary/aromatic N) is 3. The second-order valence-corrected chi connectivity index (χ2v) is 5.76. The quantitative estimate of drug-likeness (QED) is 0.836. The molecule has 2 rings (SSSR count). The number of aromatic hydroxyl groups is 1. The van der Waals surface area contributed by atoms with Gasteiger partial charge >= 0.3 is 5.97 Å². The standard InChI is InChI=1S/C18H19N3O4/c1-4-25-18(24)14-16(22)15(11(2)3)20-21(17(14)23)10-13-7-5-6-12(8-13)9-19/h5-8,11,22H,4,10H2,1-3H3. The molecule has 1 N–H and O–H groups in total. The maximum atomic E-state index is 12.6. The molecule has 7 nitrogen and oxygen atoms in total. The molecule has 0 bridgehead atoms. The molecule has 0 atom stereocenters. The molecule has 0 saturated carbocycles. The van der Waals surface area contributed by atoms with Gasteiger partial charge in [0.1, 0.15) is 5.69 Å². The van der Waals surface area contributed by atoms with Gasteiger partial charge in [0.05, 0.1) is 24.8 Å².